The molecule has 0 aromatic heterocycles. The molecule has 0 radical (unpaired) electrons. The Morgan fingerprint density at radius 2 is 2.31 bits per heavy atom. The van der Waals surface area contributed by atoms with E-state index in [1.54, 1.807) is 0 Å². The molecular weight excluding hydrogens is 174 g/mol. The van der Waals surface area contributed by atoms with Crippen molar-refractivity contribution in [3.05, 3.63) is 0 Å². The average Bonchev–Trinajstić information content (AvgIpc) is 2.87. The maximum Gasteiger partial charge on any atom is 0.340 e. The van der Waals surface area contributed by atoms with E-state index in [2.05, 4.69) is 4.84 Å². The molecule has 0 spiro atoms. The van der Waals surface area contributed by atoms with Crippen LogP contribution in [0.5, 0.6) is 0 Å². The first-order chi connectivity index (χ1) is 6.14. The minimum atomic E-state index is -1.35. The third-order valence-corrected chi connectivity index (χ3v) is 2.31. The summed E-state index contributed by atoms with van der Waals surface area (Å²) in [7, 11) is 1.43. The molecule has 0 bridgehead atoms. The molecule has 13 heavy (non-hydrogen) atoms. The van der Waals surface area contributed by atoms with E-state index in [9.17, 15) is 4.79 Å². The van der Waals surface area contributed by atoms with Crippen LogP contribution in [0.4, 0.5) is 0 Å². The zero-order chi connectivity index (χ0) is 9.90. The number of hydrogen-bond donors (Lipinski definition) is 2. The second kappa shape index (κ2) is 4.04. The molecule has 5 heteroatoms. The molecule has 76 valence electrons. The molecule has 1 aliphatic rings. The van der Waals surface area contributed by atoms with Crippen LogP contribution in [0.25, 0.3) is 0 Å². The maximum absolute atomic E-state index is 10.9. The minimum Gasteiger partial charge on any atom is -0.479 e. The predicted molar refractivity (Wildman–Crippen MR) is 44.9 cm³/mol. The van der Waals surface area contributed by atoms with Crippen LogP contribution < -0.4 is 5.90 Å². The molecule has 1 atom stereocenters. The molecule has 0 aromatic carbocycles. The van der Waals surface area contributed by atoms with Gasteiger partial charge in [0.1, 0.15) is 0 Å². The fraction of sp³-hybridized carbons (Fsp3) is 0.875. The van der Waals surface area contributed by atoms with E-state index in [4.69, 9.17) is 15.7 Å². The fourth-order valence-corrected chi connectivity index (χ4v) is 1.36. The average molecular weight is 189 g/mol. The van der Waals surface area contributed by atoms with Crippen molar-refractivity contribution in [2.45, 2.75) is 24.9 Å². The summed E-state index contributed by atoms with van der Waals surface area (Å²) in [5.41, 5.74) is -1.35. The highest BCUT2D eigenvalue weighted by molar-refractivity contribution is 5.77. The SMILES string of the molecule is COCC(CC1CC1)(ON)C(=O)O. The Bertz CT molecular complexity index is 193. The van der Waals surface area contributed by atoms with Crippen LogP contribution in [0.15, 0.2) is 0 Å². The second-order valence-electron chi connectivity index (χ2n) is 3.50. The van der Waals surface area contributed by atoms with Gasteiger partial charge in [-0.15, -0.1) is 0 Å². The first-order valence-electron chi connectivity index (χ1n) is 4.25. The van der Waals surface area contributed by atoms with Crippen LogP contribution in [0.3, 0.4) is 0 Å². The Hall–Kier alpha value is -0.650. The number of aliphatic carboxylic acids is 1. The quantitative estimate of drug-likeness (QED) is 0.581. The lowest BCUT2D eigenvalue weighted by Crippen LogP contribution is -2.48. The van der Waals surface area contributed by atoms with Gasteiger partial charge >= 0.3 is 5.97 Å². The summed E-state index contributed by atoms with van der Waals surface area (Å²) in [6.45, 7) is -0.00463. The van der Waals surface area contributed by atoms with Crippen LogP contribution >= 0.6 is 0 Å². The number of methoxy groups -OCH3 is 1. The van der Waals surface area contributed by atoms with E-state index >= 15 is 0 Å². The number of nitrogens with two attached hydrogens (primary N) is 1. The van der Waals surface area contributed by atoms with Gasteiger partial charge in [0, 0.05) is 7.11 Å². The van der Waals surface area contributed by atoms with E-state index < -0.39 is 11.6 Å². The molecule has 1 fully saturated rings. The molecule has 1 aliphatic carbocycles. The van der Waals surface area contributed by atoms with Crippen LogP contribution in [0.2, 0.25) is 0 Å². The fourth-order valence-electron chi connectivity index (χ4n) is 1.36. The molecule has 0 aliphatic heterocycles. The first-order valence-corrected chi connectivity index (χ1v) is 4.25. The first kappa shape index (κ1) is 10.4. The van der Waals surface area contributed by atoms with Gasteiger partial charge in [0.05, 0.1) is 6.61 Å². The highest BCUT2D eigenvalue weighted by atomic mass is 16.7. The van der Waals surface area contributed by atoms with Gasteiger partial charge in [-0.2, -0.15) is 0 Å². The molecule has 0 saturated heterocycles. The zero-order valence-corrected chi connectivity index (χ0v) is 7.66. The van der Waals surface area contributed by atoms with Gasteiger partial charge in [-0.05, 0) is 12.3 Å². The summed E-state index contributed by atoms with van der Waals surface area (Å²) in [4.78, 5) is 15.5. The predicted octanol–water partition coefficient (Wildman–Crippen LogP) is 0.147. The largest absolute Gasteiger partial charge is 0.479 e. The van der Waals surface area contributed by atoms with E-state index in [0.717, 1.165) is 12.8 Å². The van der Waals surface area contributed by atoms with Crippen molar-refractivity contribution >= 4 is 5.97 Å². The van der Waals surface area contributed by atoms with Crippen LogP contribution in [0, 0.1) is 5.92 Å². The Balaban J connectivity index is 2.61. The Kier molecular flexibility index (Phi) is 3.24. The van der Waals surface area contributed by atoms with Crippen molar-refractivity contribution in [1.82, 2.24) is 0 Å². The van der Waals surface area contributed by atoms with Gasteiger partial charge in [0.25, 0.3) is 0 Å². The van der Waals surface area contributed by atoms with E-state index in [-0.39, 0.29) is 6.61 Å². The number of ether oxygens (including phenoxy) is 1. The lowest BCUT2D eigenvalue weighted by atomic mass is 9.98. The number of carboxylic acid groups (broad SMARTS) is 1. The highest BCUT2D eigenvalue weighted by Gasteiger charge is 2.44. The van der Waals surface area contributed by atoms with Gasteiger partial charge < -0.3 is 9.84 Å². The van der Waals surface area contributed by atoms with Crippen molar-refractivity contribution in [2.24, 2.45) is 11.8 Å². The van der Waals surface area contributed by atoms with Crippen molar-refractivity contribution in [3.63, 3.8) is 0 Å². The molecule has 0 heterocycles. The summed E-state index contributed by atoms with van der Waals surface area (Å²) in [5.74, 6) is 4.38. The van der Waals surface area contributed by atoms with Gasteiger partial charge in [-0.1, -0.05) is 12.8 Å². The van der Waals surface area contributed by atoms with Crippen LogP contribution in [0.1, 0.15) is 19.3 Å². The number of rotatable bonds is 6. The zero-order valence-electron chi connectivity index (χ0n) is 7.66. The molecule has 1 rings (SSSR count). The van der Waals surface area contributed by atoms with Gasteiger partial charge in [0.15, 0.2) is 0 Å². The topological polar surface area (TPSA) is 81.8 Å². The molecule has 3 N–H and O–H groups in total. The van der Waals surface area contributed by atoms with E-state index in [1.807, 2.05) is 0 Å². The lowest BCUT2D eigenvalue weighted by Gasteiger charge is -2.25. The maximum atomic E-state index is 10.9. The normalized spacial score (nSPS) is 21.1. The Morgan fingerprint density at radius 3 is 2.62 bits per heavy atom. The van der Waals surface area contributed by atoms with Crippen molar-refractivity contribution in [1.29, 1.82) is 0 Å². The van der Waals surface area contributed by atoms with Gasteiger partial charge in [0.2, 0.25) is 5.60 Å². The summed E-state index contributed by atoms with van der Waals surface area (Å²) in [6.07, 6.45) is 2.55. The Morgan fingerprint density at radius 1 is 1.69 bits per heavy atom. The lowest BCUT2D eigenvalue weighted by molar-refractivity contribution is -0.176. The summed E-state index contributed by atoms with van der Waals surface area (Å²) in [5, 5.41) is 8.95. The highest BCUT2D eigenvalue weighted by Crippen LogP contribution is 2.37. The van der Waals surface area contributed by atoms with Gasteiger partial charge in [-0.25, -0.2) is 10.7 Å². The Labute approximate surface area is 76.8 Å². The molecule has 1 unspecified atom stereocenters. The third kappa shape index (κ3) is 2.40. The summed E-state index contributed by atoms with van der Waals surface area (Å²) in [6, 6.07) is 0. The molecule has 0 aromatic rings. The van der Waals surface area contributed by atoms with Gasteiger partial charge in [-0.3, -0.25) is 4.84 Å². The molecule has 0 amide bonds. The van der Waals surface area contributed by atoms with Crippen molar-refractivity contribution < 1.29 is 19.5 Å². The molecular formula is C8H15NO4. The van der Waals surface area contributed by atoms with Crippen molar-refractivity contribution in [2.75, 3.05) is 13.7 Å². The van der Waals surface area contributed by atoms with E-state index in [1.165, 1.54) is 7.11 Å². The monoisotopic (exact) mass is 189 g/mol. The summed E-state index contributed by atoms with van der Waals surface area (Å²) >= 11 is 0. The number of carboxylic acids is 1. The number of hydrogen-bond acceptors (Lipinski definition) is 4. The van der Waals surface area contributed by atoms with Crippen LogP contribution in [-0.4, -0.2) is 30.4 Å². The van der Waals surface area contributed by atoms with Crippen molar-refractivity contribution in [3.8, 4) is 0 Å². The minimum absolute atomic E-state index is 0.00463. The summed E-state index contributed by atoms with van der Waals surface area (Å²) < 4.78 is 4.80. The smallest absolute Gasteiger partial charge is 0.340 e. The van der Waals surface area contributed by atoms with E-state index in [0.29, 0.717) is 12.3 Å². The third-order valence-electron chi connectivity index (χ3n) is 2.31. The molecule has 1 saturated carbocycles. The van der Waals surface area contributed by atoms with Crippen LogP contribution in [-0.2, 0) is 14.4 Å². The standard InChI is InChI=1S/C8H15NO4/c1-12-5-8(13-9,7(10)11)4-6-2-3-6/h6H,2-5,9H2,1H3,(H,10,11). The molecule has 5 nitrogen and oxygen atoms in total. The second-order valence-corrected chi connectivity index (χ2v) is 3.50. The number of carbonyl (C=O) groups is 1.